The van der Waals surface area contributed by atoms with Crippen LogP contribution in [0, 0.1) is 5.82 Å². The third-order valence-electron chi connectivity index (χ3n) is 2.71. The van der Waals surface area contributed by atoms with Crippen molar-refractivity contribution in [2.75, 3.05) is 0 Å². The maximum Gasteiger partial charge on any atom is 0.163 e. The van der Waals surface area contributed by atoms with Gasteiger partial charge in [0.15, 0.2) is 5.78 Å². The van der Waals surface area contributed by atoms with Crippen LogP contribution < -0.4 is 4.74 Å². The van der Waals surface area contributed by atoms with E-state index in [4.69, 9.17) is 27.9 Å². The lowest BCUT2D eigenvalue weighted by Crippen LogP contribution is -2.02. The molecule has 2 aromatic rings. The molecular formula is C15H11Cl2FO2. The highest BCUT2D eigenvalue weighted by atomic mass is 35.5. The molecule has 20 heavy (non-hydrogen) atoms. The van der Waals surface area contributed by atoms with E-state index >= 15 is 0 Å². The summed E-state index contributed by atoms with van der Waals surface area (Å²) >= 11 is 11.8. The molecule has 0 radical (unpaired) electrons. The Labute approximate surface area is 126 Å². The number of hydrogen-bond donors (Lipinski definition) is 0. The van der Waals surface area contributed by atoms with E-state index in [0.29, 0.717) is 26.9 Å². The van der Waals surface area contributed by atoms with Crippen molar-refractivity contribution in [2.45, 2.75) is 13.5 Å². The summed E-state index contributed by atoms with van der Waals surface area (Å²) in [6, 6.07) is 8.79. The second-order valence-electron chi connectivity index (χ2n) is 4.22. The second kappa shape index (κ2) is 6.25. The van der Waals surface area contributed by atoms with Gasteiger partial charge in [-0.15, -0.1) is 0 Å². The first-order valence-corrected chi connectivity index (χ1v) is 6.60. The molecule has 2 rings (SSSR count). The van der Waals surface area contributed by atoms with Gasteiger partial charge in [0, 0.05) is 15.6 Å². The van der Waals surface area contributed by atoms with Gasteiger partial charge >= 0.3 is 0 Å². The number of Topliss-reactive ketones (excluding diaryl/α,β-unsaturated/α-hetero) is 1. The maximum absolute atomic E-state index is 13.1. The van der Waals surface area contributed by atoms with Gasteiger partial charge in [-0.2, -0.15) is 0 Å². The van der Waals surface area contributed by atoms with Gasteiger partial charge in [-0.1, -0.05) is 23.2 Å². The molecule has 0 N–H and O–H groups in total. The number of hydrogen-bond acceptors (Lipinski definition) is 2. The molecule has 0 aliphatic heterocycles. The molecule has 0 atom stereocenters. The largest absolute Gasteiger partial charge is 0.488 e. The quantitative estimate of drug-likeness (QED) is 0.749. The molecule has 0 fully saturated rings. The highest BCUT2D eigenvalue weighted by Gasteiger charge is 2.10. The predicted molar refractivity (Wildman–Crippen MR) is 77.2 cm³/mol. The van der Waals surface area contributed by atoms with Crippen LogP contribution in [0.1, 0.15) is 22.8 Å². The van der Waals surface area contributed by atoms with Gasteiger partial charge in [0.05, 0.1) is 5.56 Å². The molecular weight excluding hydrogens is 302 g/mol. The highest BCUT2D eigenvalue weighted by molar-refractivity contribution is 6.31. The predicted octanol–water partition coefficient (Wildman–Crippen LogP) is 4.91. The molecule has 0 saturated heterocycles. The summed E-state index contributed by atoms with van der Waals surface area (Å²) in [4.78, 5) is 11.5. The van der Waals surface area contributed by atoms with Gasteiger partial charge in [0.1, 0.15) is 18.2 Å². The second-order valence-corrected chi connectivity index (χ2v) is 5.06. The van der Waals surface area contributed by atoms with Gasteiger partial charge in [-0.25, -0.2) is 4.39 Å². The van der Waals surface area contributed by atoms with Crippen molar-refractivity contribution in [3.05, 3.63) is 63.4 Å². The highest BCUT2D eigenvalue weighted by Crippen LogP contribution is 2.25. The summed E-state index contributed by atoms with van der Waals surface area (Å²) in [5, 5.41) is 0.857. The molecule has 0 saturated carbocycles. The first-order valence-electron chi connectivity index (χ1n) is 5.84. The Morgan fingerprint density at radius 2 is 1.95 bits per heavy atom. The third-order valence-corrected chi connectivity index (χ3v) is 3.32. The summed E-state index contributed by atoms with van der Waals surface area (Å²) in [5.74, 6) is -0.161. The molecule has 0 amide bonds. The van der Waals surface area contributed by atoms with Crippen LogP contribution in [-0.2, 0) is 6.61 Å². The van der Waals surface area contributed by atoms with Gasteiger partial charge in [-0.3, -0.25) is 4.79 Å². The van der Waals surface area contributed by atoms with E-state index < -0.39 is 5.82 Å². The van der Waals surface area contributed by atoms with E-state index in [1.165, 1.54) is 31.2 Å². The first-order chi connectivity index (χ1) is 9.47. The number of ether oxygens (including phenoxy) is 1. The molecule has 0 aromatic heterocycles. The lowest BCUT2D eigenvalue weighted by molar-refractivity contribution is 0.101. The molecule has 0 unspecified atom stereocenters. The van der Waals surface area contributed by atoms with E-state index in [9.17, 15) is 9.18 Å². The van der Waals surface area contributed by atoms with Crippen LogP contribution in [0.15, 0.2) is 36.4 Å². The molecule has 104 valence electrons. The Morgan fingerprint density at radius 3 is 2.65 bits per heavy atom. The topological polar surface area (TPSA) is 26.3 Å². The average molecular weight is 313 g/mol. The summed E-state index contributed by atoms with van der Waals surface area (Å²) in [7, 11) is 0. The summed E-state index contributed by atoms with van der Waals surface area (Å²) in [6.45, 7) is 1.49. The lowest BCUT2D eigenvalue weighted by atomic mass is 10.1. The smallest absolute Gasteiger partial charge is 0.163 e. The minimum atomic E-state index is -0.393. The Hall–Kier alpha value is -1.58. The van der Waals surface area contributed by atoms with Gasteiger partial charge < -0.3 is 4.74 Å². The van der Waals surface area contributed by atoms with Crippen LogP contribution in [0.5, 0.6) is 5.75 Å². The van der Waals surface area contributed by atoms with Gasteiger partial charge in [-0.05, 0) is 43.3 Å². The monoisotopic (exact) mass is 312 g/mol. The molecule has 0 bridgehead atoms. The SMILES string of the molecule is CC(=O)c1cc(Cl)ccc1OCc1cc(F)ccc1Cl. The molecule has 0 spiro atoms. The van der Waals surface area contributed by atoms with Crippen molar-refractivity contribution in [3.63, 3.8) is 0 Å². The van der Waals surface area contributed by atoms with E-state index in [0.717, 1.165) is 0 Å². The molecule has 2 nitrogen and oxygen atoms in total. The van der Waals surface area contributed by atoms with Crippen molar-refractivity contribution in [3.8, 4) is 5.75 Å². The Bertz CT molecular complexity index is 656. The van der Waals surface area contributed by atoms with E-state index in [2.05, 4.69) is 0 Å². The fraction of sp³-hybridized carbons (Fsp3) is 0.133. The molecule has 5 heteroatoms. The van der Waals surface area contributed by atoms with Crippen LogP contribution >= 0.6 is 23.2 Å². The number of carbonyl (C=O) groups is 1. The zero-order valence-electron chi connectivity index (χ0n) is 10.6. The summed E-state index contributed by atoms with van der Waals surface area (Å²) in [6.07, 6.45) is 0. The van der Waals surface area contributed by atoms with E-state index in [1.807, 2.05) is 0 Å². The molecule has 2 aromatic carbocycles. The van der Waals surface area contributed by atoms with Crippen molar-refractivity contribution in [1.29, 1.82) is 0 Å². The number of carbonyl (C=O) groups excluding carboxylic acids is 1. The van der Waals surface area contributed by atoms with Crippen LogP contribution in [0.3, 0.4) is 0 Å². The third kappa shape index (κ3) is 3.50. The lowest BCUT2D eigenvalue weighted by Gasteiger charge is -2.11. The van der Waals surface area contributed by atoms with Crippen LogP contribution in [-0.4, -0.2) is 5.78 Å². The normalized spacial score (nSPS) is 10.4. The molecule has 0 aliphatic rings. The first kappa shape index (κ1) is 14.8. The Morgan fingerprint density at radius 1 is 1.20 bits per heavy atom. The van der Waals surface area contributed by atoms with Crippen molar-refractivity contribution in [2.24, 2.45) is 0 Å². The molecule has 0 heterocycles. The van der Waals surface area contributed by atoms with E-state index in [-0.39, 0.29) is 12.4 Å². The number of benzene rings is 2. The maximum atomic E-state index is 13.1. The number of rotatable bonds is 4. The van der Waals surface area contributed by atoms with Crippen molar-refractivity contribution in [1.82, 2.24) is 0 Å². The minimum Gasteiger partial charge on any atom is -0.488 e. The fourth-order valence-electron chi connectivity index (χ4n) is 1.71. The number of halogens is 3. The van der Waals surface area contributed by atoms with Crippen molar-refractivity contribution >= 4 is 29.0 Å². The Kier molecular flexibility index (Phi) is 4.63. The van der Waals surface area contributed by atoms with Crippen LogP contribution in [0.25, 0.3) is 0 Å². The summed E-state index contributed by atoms with van der Waals surface area (Å²) in [5.41, 5.74) is 0.890. The summed E-state index contributed by atoms with van der Waals surface area (Å²) < 4.78 is 18.7. The standard InChI is InChI=1S/C15H11Cl2FO2/c1-9(19)13-7-11(16)2-5-15(13)20-8-10-6-12(18)3-4-14(10)17/h2-7H,8H2,1H3. The minimum absolute atomic E-state index is 0.0680. The van der Waals surface area contributed by atoms with E-state index in [1.54, 1.807) is 12.1 Å². The zero-order valence-corrected chi connectivity index (χ0v) is 12.1. The van der Waals surface area contributed by atoms with Gasteiger partial charge in [0.25, 0.3) is 0 Å². The zero-order chi connectivity index (χ0) is 14.7. The number of ketones is 1. The fourth-order valence-corrected chi connectivity index (χ4v) is 2.06. The van der Waals surface area contributed by atoms with Crippen LogP contribution in [0.4, 0.5) is 4.39 Å². The Balaban J connectivity index is 2.23. The average Bonchev–Trinajstić information content (AvgIpc) is 2.40. The van der Waals surface area contributed by atoms with Crippen LogP contribution in [0.2, 0.25) is 10.0 Å². The van der Waals surface area contributed by atoms with Gasteiger partial charge in [0.2, 0.25) is 0 Å². The van der Waals surface area contributed by atoms with Crippen molar-refractivity contribution < 1.29 is 13.9 Å². The molecule has 0 aliphatic carbocycles.